The van der Waals surface area contributed by atoms with Gasteiger partial charge in [0, 0.05) is 53.5 Å². The van der Waals surface area contributed by atoms with Gasteiger partial charge in [0.2, 0.25) is 0 Å². The molecule has 2 N–H and O–H groups in total. The van der Waals surface area contributed by atoms with Gasteiger partial charge in [0.1, 0.15) is 11.6 Å². The molecule has 1 aromatic carbocycles. The largest absolute Gasteiger partial charge is 0.326 e. The molecule has 3 atom stereocenters. The zero-order chi connectivity index (χ0) is 19.3. The third kappa shape index (κ3) is 3.63. The normalized spacial score (nSPS) is 26.3. The van der Waals surface area contributed by atoms with Crippen molar-refractivity contribution in [2.24, 2.45) is 5.73 Å². The second-order valence-corrected chi connectivity index (χ2v) is 10.1. The molecule has 1 unspecified atom stereocenters. The number of nitrogens with zero attached hydrogens (tertiary/aromatic N) is 3. The van der Waals surface area contributed by atoms with Crippen LogP contribution in [-0.4, -0.2) is 46.6 Å². The Kier molecular flexibility index (Phi) is 4.77. The molecule has 10 heteroatoms. The smallest absolute Gasteiger partial charge is 0.250 e. The van der Waals surface area contributed by atoms with E-state index in [4.69, 9.17) is 5.73 Å². The van der Waals surface area contributed by atoms with E-state index in [1.54, 1.807) is 6.20 Å². The minimum atomic E-state index is -3.38. The van der Waals surface area contributed by atoms with Gasteiger partial charge in [0.15, 0.2) is 0 Å². The second-order valence-electron chi connectivity index (χ2n) is 7.11. The molecule has 0 amide bonds. The van der Waals surface area contributed by atoms with Gasteiger partial charge in [-0.2, -0.15) is 20.9 Å². The highest BCUT2D eigenvalue weighted by Gasteiger charge is 2.37. The van der Waals surface area contributed by atoms with Gasteiger partial charge in [0.25, 0.3) is 10.0 Å². The van der Waals surface area contributed by atoms with E-state index in [2.05, 4.69) is 10.00 Å². The average Bonchev–Trinajstić information content (AvgIpc) is 3.16. The first-order valence-electron chi connectivity index (χ1n) is 8.56. The quantitative estimate of drug-likeness (QED) is 0.826. The maximum atomic E-state index is 14.1. The topological polar surface area (TPSA) is 81.2 Å². The van der Waals surface area contributed by atoms with Crippen molar-refractivity contribution in [2.75, 3.05) is 12.0 Å². The maximum Gasteiger partial charge on any atom is 0.250 e. The predicted octanol–water partition coefficient (Wildman–Crippen LogP) is 1.86. The summed E-state index contributed by atoms with van der Waals surface area (Å²) in [4.78, 5) is 2.22. The number of fused-ring (bicyclic) bond motifs is 1. The van der Waals surface area contributed by atoms with Crippen LogP contribution in [0, 0.1) is 11.6 Å². The van der Waals surface area contributed by atoms with Gasteiger partial charge >= 0.3 is 0 Å². The number of aromatic nitrogens is 2. The molecule has 0 radical (unpaired) electrons. The molecule has 3 heterocycles. The number of rotatable bonds is 3. The highest BCUT2D eigenvalue weighted by atomic mass is 32.2. The van der Waals surface area contributed by atoms with Gasteiger partial charge in [-0.15, -0.1) is 0 Å². The zero-order valence-corrected chi connectivity index (χ0v) is 16.3. The lowest BCUT2D eigenvalue weighted by Gasteiger charge is -2.38. The summed E-state index contributed by atoms with van der Waals surface area (Å²) in [5.74, 6) is -0.155. The van der Waals surface area contributed by atoms with Crippen molar-refractivity contribution in [3.05, 3.63) is 52.9 Å². The van der Waals surface area contributed by atoms with E-state index in [1.165, 1.54) is 17.8 Å². The van der Waals surface area contributed by atoms with E-state index in [-0.39, 0.29) is 17.3 Å². The Balaban J connectivity index is 1.44. The van der Waals surface area contributed by atoms with Crippen LogP contribution in [0.15, 0.2) is 24.4 Å². The average molecular weight is 415 g/mol. The van der Waals surface area contributed by atoms with Gasteiger partial charge in [-0.05, 0) is 24.6 Å². The van der Waals surface area contributed by atoms with E-state index >= 15 is 0 Å². The minimum Gasteiger partial charge on any atom is -0.326 e. The van der Waals surface area contributed by atoms with Crippen LogP contribution >= 0.6 is 11.8 Å². The summed E-state index contributed by atoms with van der Waals surface area (Å²) in [5.41, 5.74) is 8.30. The fourth-order valence-electron chi connectivity index (χ4n) is 3.73. The van der Waals surface area contributed by atoms with E-state index < -0.39 is 21.7 Å². The molecule has 146 valence electrons. The van der Waals surface area contributed by atoms with E-state index in [0.29, 0.717) is 25.1 Å². The van der Waals surface area contributed by atoms with Crippen molar-refractivity contribution in [3.8, 4) is 0 Å². The molecule has 0 bridgehead atoms. The van der Waals surface area contributed by atoms with Gasteiger partial charge < -0.3 is 5.73 Å². The fraction of sp³-hybridized carbons (Fsp3) is 0.471. The Morgan fingerprint density at radius 3 is 2.74 bits per heavy atom. The maximum absolute atomic E-state index is 14.1. The molecule has 0 aliphatic carbocycles. The van der Waals surface area contributed by atoms with E-state index in [9.17, 15) is 17.2 Å². The summed E-state index contributed by atoms with van der Waals surface area (Å²) in [7, 11) is -3.38. The predicted molar refractivity (Wildman–Crippen MR) is 99.7 cm³/mol. The SMILES string of the molecule is CS(=O)(=O)n1cc2c(n1)CN([C@H]1CSC(c3cc(F)ccc3F)[C@@H](N)C1)C2. The number of hydrogen-bond donors (Lipinski definition) is 1. The molecule has 1 saturated heterocycles. The lowest BCUT2D eigenvalue weighted by atomic mass is 9.98. The molecular weight excluding hydrogens is 394 g/mol. The molecule has 2 aliphatic heterocycles. The van der Waals surface area contributed by atoms with Crippen LogP contribution in [0.2, 0.25) is 0 Å². The highest BCUT2D eigenvalue weighted by molar-refractivity contribution is 7.99. The Bertz CT molecular complexity index is 956. The summed E-state index contributed by atoms with van der Waals surface area (Å²) in [5, 5.41) is 3.89. The van der Waals surface area contributed by atoms with Crippen molar-refractivity contribution in [2.45, 2.75) is 36.8 Å². The highest BCUT2D eigenvalue weighted by Crippen LogP contribution is 2.41. The van der Waals surface area contributed by atoms with Gasteiger partial charge in [-0.25, -0.2) is 17.2 Å². The van der Waals surface area contributed by atoms with E-state index in [0.717, 1.165) is 39.5 Å². The van der Waals surface area contributed by atoms with E-state index in [1.807, 2.05) is 0 Å². The monoisotopic (exact) mass is 414 g/mol. The summed E-state index contributed by atoms with van der Waals surface area (Å²) in [6.07, 6.45) is 3.34. The first-order valence-corrected chi connectivity index (χ1v) is 11.5. The summed E-state index contributed by atoms with van der Waals surface area (Å²) < 4.78 is 51.8. The van der Waals surface area contributed by atoms with Crippen molar-refractivity contribution < 1.29 is 17.2 Å². The van der Waals surface area contributed by atoms with Crippen molar-refractivity contribution >= 4 is 21.8 Å². The van der Waals surface area contributed by atoms with Crippen molar-refractivity contribution in [1.29, 1.82) is 0 Å². The Morgan fingerprint density at radius 1 is 1.30 bits per heavy atom. The number of nitrogens with two attached hydrogens (primary N) is 1. The number of benzene rings is 1. The molecule has 6 nitrogen and oxygen atoms in total. The minimum absolute atomic E-state index is 0.179. The second kappa shape index (κ2) is 6.84. The number of hydrogen-bond acceptors (Lipinski definition) is 6. The van der Waals surface area contributed by atoms with Crippen LogP contribution in [0.3, 0.4) is 0 Å². The fourth-order valence-corrected chi connectivity index (χ4v) is 5.79. The van der Waals surface area contributed by atoms with Crippen molar-refractivity contribution in [1.82, 2.24) is 14.1 Å². The van der Waals surface area contributed by atoms with Gasteiger partial charge in [-0.3, -0.25) is 4.90 Å². The molecular formula is C17H20F2N4O2S2. The number of thioether (sulfide) groups is 1. The Hall–Kier alpha value is -1.49. The van der Waals surface area contributed by atoms with Crippen LogP contribution in [0.25, 0.3) is 0 Å². The Labute approximate surface area is 160 Å². The molecule has 1 fully saturated rings. The van der Waals surface area contributed by atoms with Crippen LogP contribution in [0.1, 0.15) is 28.5 Å². The lowest BCUT2D eigenvalue weighted by Crippen LogP contribution is -2.44. The molecule has 2 aromatic rings. The molecule has 1 aromatic heterocycles. The summed E-state index contributed by atoms with van der Waals surface area (Å²) in [6, 6.07) is 3.36. The first-order chi connectivity index (χ1) is 12.7. The summed E-state index contributed by atoms with van der Waals surface area (Å²) >= 11 is 1.54. The molecule has 4 rings (SSSR count). The standard InChI is InChI=1S/C17H20F2N4O2S2/c1-27(24,25)23-7-10-6-22(8-16(10)21-23)12-5-15(20)17(26-9-12)13-4-11(18)2-3-14(13)19/h2-4,7,12,15,17H,5-6,8-9,20H2,1H3/t12-,15+,17?/m1/s1. The van der Waals surface area contributed by atoms with Crippen molar-refractivity contribution in [3.63, 3.8) is 0 Å². The zero-order valence-electron chi connectivity index (χ0n) is 14.7. The van der Waals surface area contributed by atoms with Gasteiger partial charge in [0.05, 0.1) is 11.9 Å². The molecule has 0 saturated carbocycles. The molecule has 27 heavy (non-hydrogen) atoms. The Morgan fingerprint density at radius 2 is 2.07 bits per heavy atom. The third-order valence-corrected chi connectivity index (χ3v) is 7.51. The van der Waals surface area contributed by atoms with Gasteiger partial charge in [-0.1, -0.05) is 0 Å². The molecule has 0 spiro atoms. The van der Waals surface area contributed by atoms with Crippen LogP contribution in [-0.2, 0) is 23.1 Å². The third-order valence-electron chi connectivity index (χ3n) is 5.10. The first kappa shape index (κ1) is 18.9. The van der Waals surface area contributed by atoms with Crippen LogP contribution in [0.4, 0.5) is 8.78 Å². The molecule has 2 aliphatic rings. The van der Waals surface area contributed by atoms with Crippen LogP contribution < -0.4 is 5.73 Å². The van der Waals surface area contributed by atoms with Crippen LogP contribution in [0.5, 0.6) is 0 Å². The number of halogens is 2. The summed E-state index contributed by atoms with van der Waals surface area (Å²) in [6.45, 7) is 1.18. The lowest BCUT2D eigenvalue weighted by molar-refractivity contribution is 0.190.